The Morgan fingerprint density at radius 3 is 2.37 bits per heavy atom. The summed E-state index contributed by atoms with van der Waals surface area (Å²) in [4.78, 5) is 47.4. The average Bonchev–Trinajstić information content (AvgIpc) is 4.09. The van der Waals surface area contributed by atoms with Crippen molar-refractivity contribution in [2.75, 3.05) is 7.05 Å². The highest BCUT2D eigenvalue weighted by molar-refractivity contribution is 9.10. The molecule has 2 aromatic heterocycles. The molecule has 4 aliphatic carbocycles. The molecule has 0 bridgehead atoms. The van der Waals surface area contributed by atoms with E-state index in [4.69, 9.17) is 15.0 Å². The number of benzene rings is 2. The Balaban J connectivity index is 0.994. The molecule has 9 nitrogen and oxygen atoms in total. The molecule has 10 heteroatoms. The van der Waals surface area contributed by atoms with E-state index in [1.165, 1.54) is 5.56 Å². The first-order valence-electron chi connectivity index (χ1n) is 17.9. The molecule has 2 fully saturated rings. The quantitative estimate of drug-likeness (QED) is 0.266. The molecule has 252 valence electrons. The van der Waals surface area contributed by atoms with Gasteiger partial charge in [0.05, 0.1) is 23.9 Å². The summed E-state index contributed by atoms with van der Waals surface area (Å²) in [5, 5.41) is 16.5. The van der Waals surface area contributed by atoms with Crippen LogP contribution in [0.2, 0.25) is 0 Å². The van der Waals surface area contributed by atoms with Crippen molar-refractivity contribution in [2.45, 2.75) is 80.6 Å². The summed E-state index contributed by atoms with van der Waals surface area (Å²) < 4.78 is 1.03. The largest absolute Gasteiger partial charge is 0.373 e. The Labute approximate surface area is 303 Å². The molecule has 2 N–H and O–H groups in total. The van der Waals surface area contributed by atoms with Crippen LogP contribution in [0.3, 0.4) is 0 Å². The van der Waals surface area contributed by atoms with Crippen LogP contribution in [-0.2, 0) is 39.8 Å². The fraction of sp³-hybridized carbons (Fsp3) is 0.341. The Bertz CT molecular complexity index is 2370. The van der Waals surface area contributed by atoms with Gasteiger partial charge < -0.3 is 10.6 Å². The topological polar surface area (TPSA) is 132 Å². The highest BCUT2D eigenvalue weighted by Crippen LogP contribution is 2.52. The van der Waals surface area contributed by atoms with E-state index in [1.807, 2.05) is 36.5 Å². The van der Waals surface area contributed by atoms with Gasteiger partial charge in [0, 0.05) is 46.1 Å². The van der Waals surface area contributed by atoms with Gasteiger partial charge >= 0.3 is 0 Å². The van der Waals surface area contributed by atoms with Gasteiger partial charge in [-0.3, -0.25) is 19.6 Å². The highest BCUT2D eigenvalue weighted by Gasteiger charge is 2.53. The minimum absolute atomic E-state index is 0.146. The molecule has 2 aromatic carbocycles. The number of pyridine rings is 2. The molecule has 2 saturated carbocycles. The summed E-state index contributed by atoms with van der Waals surface area (Å²) in [5.41, 5.74) is 9.30. The number of amides is 2. The van der Waals surface area contributed by atoms with E-state index < -0.39 is 10.8 Å². The number of fused-ring (bicyclic) bond motifs is 8. The molecule has 2 aliphatic heterocycles. The summed E-state index contributed by atoms with van der Waals surface area (Å²) in [5.74, 6) is 1.48. The van der Waals surface area contributed by atoms with E-state index in [-0.39, 0.29) is 11.8 Å². The lowest BCUT2D eigenvalue weighted by atomic mass is 9.70. The van der Waals surface area contributed by atoms with Crippen LogP contribution in [-0.4, -0.2) is 40.5 Å². The number of nitriles is 1. The molecule has 10 rings (SSSR count). The fourth-order valence-electron chi connectivity index (χ4n) is 9.18. The SMILES string of the molecule is CNC1=NC(=O)C2(CCc3nc(CNC4=NC(=O)C5(CCc6c(Br)cccc65)c5cc(C6CC6)ncc54)ccc32)c2cc(C3CC3)c(C#N)cc21. The Morgan fingerprint density at radius 2 is 1.61 bits per heavy atom. The van der Waals surface area contributed by atoms with Crippen molar-refractivity contribution in [2.24, 2.45) is 9.98 Å². The van der Waals surface area contributed by atoms with Gasteiger partial charge in [-0.2, -0.15) is 15.2 Å². The smallest absolute Gasteiger partial charge is 0.262 e. The lowest BCUT2D eigenvalue weighted by molar-refractivity contribution is -0.122. The number of nitrogens with zero attached hydrogens (tertiary/aromatic N) is 5. The monoisotopic (exact) mass is 735 g/mol. The second-order valence-corrected chi connectivity index (χ2v) is 15.7. The molecule has 0 saturated heterocycles. The maximum absolute atomic E-state index is 14.2. The third-order valence-corrected chi connectivity index (χ3v) is 12.8. The zero-order chi connectivity index (χ0) is 34.6. The van der Waals surface area contributed by atoms with Gasteiger partial charge in [0.25, 0.3) is 11.8 Å². The Kier molecular flexibility index (Phi) is 6.64. The summed E-state index contributed by atoms with van der Waals surface area (Å²) in [7, 11) is 1.76. The van der Waals surface area contributed by atoms with Crippen molar-refractivity contribution in [3.05, 3.63) is 126 Å². The minimum Gasteiger partial charge on any atom is -0.373 e. The van der Waals surface area contributed by atoms with E-state index in [9.17, 15) is 14.9 Å². The van der Waals surface area contributed by atoms with Crippen molar-refractivity contribution in [3.63, 3.8) is 0 Å². The molecule has 0 radical (unpaired) electrons. The number of halogens is 1. The molecule has 2 spiro atoms. The Morgan fingerprint density at radius 1 is 0.863 bits per heavy atom. The van der Waals surface area contributed by atoms with Crippen LogP contribution in [0.1, 0.15) is 118 Å². The highest BCUT2D eigenvalue weighted by atomic mass is 79.9. The van der Waals surface area contributed by atoms with Crippen molar-refractivity contribution in [3.8, 4) is 6.07 Å². The van der Waals surface area contributed by atoms with E-state index in [0.29, 0.717) is 54.9 Å². The van der Waals surface area contributed by atoms with Crippen LogP contribution in [0, 0.1) is 11.3 Å². The van der Waals surface area contributed by atoms with Crippen molar-refractivity contribution in [1.29, 1.82) is 5.26 Å². The number of carbonyl (C=O) groups is 2. The third kappa shape index (κ3) is 4.37. The van der Waals surface area contributed by atoms with E-state index in [2.05, 4.69) is 55.8 Å². The molecule has 4 heterocycles. The van der Waals surface area contributed by atoms with Gasteiger partial charge in [0.1, 0.15) is 22.5 Å². The fourth-order valence-corrected chi connectivity index (χ4v) is 9.75. The summed E-state index contributed by atoms with van der Waals surface area (Å²) in [6.45, 7) is 0.356. The van der Waals surface area contributed by atoms with Crippen LogP contribution in [0.5, 0.6) is 0 Å². The zero-order valence-electron chi connectivity index (χ0n) is 28.1. The summed E-state index contributed by atoms with van der Waals surface area (Å²) in [6.07, 6.45) is 8.95. The predicted octanol–water partition coefficient (Wildman–Crippen LogP) is 5.91. The van der Waals surface area contributed by atoms with Gasteiger partial charge in [-0.05, 0) is 115 Å². The van der Waals surface area contributed by atoms with E-state index >= 15 is 0 Å². The number of amidine groups is 2. The van der Waals surface area contributed by atoms with Crippen LogP contribution >= 0.6 is 15.9 Å². The molecule has 4 aromatic rings. The van der Waals surface area contributed by atoms with E-state index in [0.717, 1.165) is 92.6 Å². The summed E-state index contributed by atoms with van der Waals surface area (Å²) in [6, 6.07) is 18.7. The van der Waals surface area contributed by atoms with Crippen LogP contribution in [0.25, 0.3) is 0 Å². The Hall–Kier alpha value is -5.01. The molecule has 6 aliphatic rings. The minimum atomic E-state index is -0.938. The van der Waals surface area contributed by atoms with Crippen molar-refractivity contribution >= 4 is 39.4 Å². The number of carbonyl (C=O) groups excluding carboxylic acids is 2. The van der Waals surface area contributed by atoms with Gasteiger partial charge in [-0.1, -0.05) is 40.2 Å². The number of hydrogen-bond donors (Lipinski definition) is 2. The maximum Gasteiger partial charge on any atom is 0.262 e. The van der Waals surface area contributed by atoms with E-state index in [1.54, 1.807) is 7.05 Å². The molecule has 2 atom stereocenters. The van der Waals surface area contributed by atoms with Gasteiger partial charge in [0.2, 0.25) is 0 Å². The van der Waals surface area contributed by atoms with Crippen LogP contribution < -0.4 is 10.6 Å². The molecule has 51 heavy (non-hydrogen) atoms. The number of nitrogens with one attached hydrogen (secondary N) is 2. The van der Waals surface area contributed by atoms with Crippen LogP contribution in [0.4, 0.5) is 0 Å². The average molecular weight is 737 g/mol. The first kappa shape index (κ1) is 30.8. The van der Waals surface area contributed by atoms with Crippen molar-refractivity contribution in [1.82, 2.24) is 20.6 Å². The second kappa shape index (κ2) is 11.0. The normalized spacial score (nSPS) is 24.0. The van der Waals surface area contributed by atoms with Crippen LogP contribution in [0.15, 0.2) is 69.2 Å². The first-order valence-corrected chi connectivity index (χ1v) is 18.7. The number of rotatable bonds is 4. The molecule has 2 unspecified atom stereocenters. The second-order valence-electron chi connectivity index (χ2n) is 14.8. The lowest BCUT2D eigenvalue weighted by Crippen LogP contribution is -2.43. The predicted molar refractivity (Wildman–Crippen MR) is 195 cm³/mol. The number of aromatic nitrogens is 2. The first-order chi connectivity index (χ1) is 24.8. The molecule has 2 amide bonds. The number of aliphatic imine (C=N–C) groups is 2. The zero-order valence-corrected chi connectivity index (χ0v) is 29.7. The number of hydrogen-bond acceptors (Lipinski definition) is 7. The van der Waals surface area contributed by atoms with Gasteiger partial charge in [-0.25, -0.2) is 0 Å². The maximum atomic E-state index is 14.2. The van der Waals surface area contributed by atoms with Gasteiger partial charge in [-0.15, -0.1) is 0 Å². The molecular formula is C41H34BrN7O2. The molecular weight excluding hydrogens is 702 g/mol. The lowest BCUT2D eigenvalue weighted by Gasteiger charge is -2.34. The third-order valence-electron chi connectivity index (χ3n) is 12.1. The van der Waals surface area contributed by atoms with Gasteiger partial charge in [0.15, 0.2) is 0 Å². The standard InChI is InChI=1S/C41H34BrN7O2/c1-44-36-27-15-23(18-43)26(21-5-6-21)16-31(27)41(39(51)48-36)14-12-34-30(41)10-9-24(47-34)19-46-37-28-20-45-35(22-7-8-22)17-32(28)40(38(50)49-37)13-11-25-29(40)3-2-4-33(25)42/h2-4,9-10,15-17,20-22H,5-8,11-14,19H2,1H3,(H,44,48,51)(H,46,49,50). The summed E-state index contributed by atoms with van der Waals surface area (Å²) >= 11 is 3.73. The number of aryl methyl sites for hydroxylation is 1. The van der Waals surface area contributed by atoms with Crippen molar-refractivity contribution < 1.29 is 9.59 Å².